The van der Waals surface area contributed by atoms with E-state index in [2.05, 4.69) is 28.4 Å². The van der Waals surface area contributed by atoms with Crippen molar-refractivity contribution in [1.29, 1.82) is 0 Å². The maximum absolute atomic E-state index is 13.4. The lowest BCUT2D eigenvalue weighted by Gasteiger charge is -2.28. The molecule has 1 aliphatic heterocycles. The molecule has 7 nitrogen and oxygen atoms in total. The van der Waals surface area contributed by atoms with Gasteiger partial charge in [-0.1, -0.05) is 66.7 Å². The van der Waals surface area contributed by atoms with E-state index in [1.54, 1.807) is 4.57 Å². The zero-order valence-corrected chi connectivity index (χ0v) is 19.3. The number of aryl methyl sites for hydroxylation is 1. The molecular weight excluding hydrogens is 438 g/mol. The van der Waals surface area contributed by atoms with E-state index in [4.69, 9.17) is 0 Å². The molecule has 0 bridgehead atoms. The minimum absolute atomic E-state index is 0.0982. The van der Waals surface area contributed by atoms with Gasteiger partial charge in [0.25, 0.3) is 5.56 Å². The lowest BCUT2D eigenvalue weighted by atomic mass is 9.99. The molecule has 3 aromatic carbocycles. The number of rotatable bonds is 5. The summed E-state index contributed by atoms with van der Waals surface area (Å²) in [7, 11) is 0. The molecule has 0 unspecified atom stereocenters. The first-order chi connectivity index (χ1) is 17.2. The number of carbonyl (C=O) groups excluding carboxylic acids is 1. The first-order valence-corrected chi connectivity index (χ1v) is 11.9. The number of hydrogen-bond donors (Lipinski definition) is 0. The Labute approximate surface area is 202 Å². The molecule has 0 saturated heterocycles. The first kappa shape index (κ1) is 21.3. The summed E-state index contributed by atoms with van der Waals surface area (Å²) >= 11 is 0. The van der Waals surface area contributed by atoms with Crippen LogP contribution in [0, 0.1) is 0 Å². The fraction of sp³-hybridized carbons (Fsp3) is 0.214. The highest BCUT2D eigenvalue weighted by atomic mass is 16.2. The summed E-state index contributed by atoms with van der Waals surface area (Å²) < 4.78 is 3.59. The number of amides is 1. The lowest BCUT2D eigenvalue weighted by Crippen LogP contribution is -2.36. The Bertz CT molecular complexity index is 1600. The van der Waals surface area contributed by atoms with Crippen LogP contribution in [-0.4, -0.2) is 36.5 Å². The Balaban J connectivity index is 1.32. The Kier molecular flexibility index (Phi) is 5.37. The quantitative estimate of drug-likeness (QED) is 0.399. The number of benzene rings is 3. The van der Waals surface area contributed by atoms with E-state index in [0.29, 0.717) is 42.9 Å². The summed E-state index contributed by atoms with van der Waals surface area (Å²) in [4.78, 5) is 28.4. The van der Waals surface area contributed by atoms with Crippen molar-refractivity contribution in [1.82, 2.24) is 24.1 Å². The van der Waals surface area contributed by atoms with Gasteiger partial charge in [0.15, 0.2) is 0 Å². The monoisotopic (exact) mass is 463 g/mol. The highest BCUT2D eigenvalue weighted by Gasteiger charge is 2.22. The maximum Gasteiger partial charge on any atom is 0.263 e. The highest BCUT2D eigenvalue weighted by molar-refractivity contribution is 5.80. The average molecular weight is 464 g/mol. The molecule has 2 aromatic heterocycles. The van der Waals surface area contributed by atoms with Crippen LogP contribution in [0.3, 0.4) is 0 Å². The van der Waals surface area contributed by atoms with Gasteiger partial charge in [-0.15, -0.1) is 10.2 Å². The summed E-state index contributed by atoms with van der Waals surface area (Å²) in [5.41, 5.74) is 4.21. The number of hydrogen-bond acceptors (Lipinski definition) is 4. The van der Waals surface area contributed by atoms with Crippen molar-refractivity contribution < 1.29 is 4.79 Å². The minimum Gasteiger partial charge on any atom is -0.338 e. The van der Waals surface area contributed by atoms with E-state index in [1.807, 2.05) is 70.0 Å². The molecule has 0 saturated carbocycles. The molecule has 1 amide bonds. The molecule has 0 fully saturated rings. The van der Waals surface area contributed by atoms with Crippen LogP contribution >= 0.6 is 0 Å². The van der Waals surface area contributed by atoms with Crippen LogP contribution in [-0.2, 0) is 30.7 Å². The second-order valence-corrected chi connectivity index (χ2v) is 8.98. The summed E-state index contributed by atoms with van der Waals surface area (Å²) in [5.74, 6) is 1.29. The number of nitrogens with zero attached hydrogens (tertiary/aromatic N) is 5. The van der Waals surface area contributed by atoms with Crippen LogP contribution < -0.4 is 5.56 Å². The molecule has 0 radical (unpaired) electrons. The van der Waals surface area contributed by atoms with Gasteiger partial charge in [-0.3, -0.25) is 18.6 Å². The normalized spacial score (nSPS) is 13.3. The van der Waals surface area contributed by atoms with Crippen molar-refractivity contribution in [2.24, 2.45) is 0 Å². The third kappa shape index (κ3) is 3.89. The lowest BCUT2D eigenvalue weighted by molar-refractivity contribution is -0.132. The van der Waals surface area contributed by atoms with Gasteiger partial charge in [0, 0.05) is 25.9 Å². The molecule has 0 N–H and O–H groups in total. The highest BCUT2D eigenvalue weighted by Crippen LogP contribution is 2.20. The van der Waals surface area contributed by atoms with Crippen LogP contribution in [0.5, 0.6) is 0 Å². The first-order valence-electron chi connectivity index (χ1n) is 11.9. The van der Waals surface area contributed by atoms with Crippen molar-refractivity contribution in [3.63, 3.8) is 0 Å². The van der Waals surface area contributed by atoms with Gasteiger partial charge in [-0.2, -0.15) is 0 Å². The van der Waals surface area contributed by atoms with Crippen molar-refractivity contribution in [2.75, 3.05) is 6.54 Å². The molecule has 174 valence electrons. The molecule has 0 spiro atoms. The van der Waals surface area contributed by atoms with E-state index in [-0.39, 0.29) is 11.5 Å². The van der Waals surface area contributed by atoms with Crippen LogP contribution in [0.4, 0.5) is 0 Å². The van der Waals surface area contributed by atoms with Crippen LogP contribution in [0.25, 0.3) is 16.7 Å². The Morgan fingerprint density at radius 2 is 1.60 bits per heavy atom. The molecule has 1 aliphatic rings. The largest absolute Gasteiger partial charge is 0.338 e. The summed E-state index contributed by atoms with van der Waals surface area (Å²) in [5, 5.41) is 9.43. The standard InChI is InChI=1S/C28H25N5O2/c34-26(31-17-16-21-10-4-5-11-22(21)19-31)15-14-25-29-30-28-32(18-20-8-2-1-3-9-20)27(35)23-12-6-7-13-24(23)33(25)28/h1-13H,14-19H2. The van der Waals surface area contributed by atoms with Gasteiger partial charge in [0.2, 0.25) is 11.7 Å². The smallest absolute Gasteiger partial charge is 0.263 e. The van der Waals surface area contributed by atoms with Crippen molar-refractivity contribution >= 4 is 22.6 Å². The van der Waals surface area contributed by atoms with E-state index in [0.717, 1.165) is 24.0 Å². The summed E-state index contributed by atoms with van der Waals surface area (Å²) in [6.45, 7) is 1.78. The van der Waals surface area contributed by atoms with Gasteiger partial charge in [-0.25, -0.2) is 0 Å². The molecule has 35 heavy (non-hydrogen) atoms. The Hall–Kier alpha value is -4.26. The number of aromatic nitrogens is 4. The topological polar surface area (TPSA) is 72.5 Å². The third-order valence-electron chi connectivity index (χ3n) is 6.80. The van der Waals surface area contributed by atoms with Gasteiger partial charge in [0.1, 0.15) is 5.82 Å². The Morgan fingerprint density at radius 3 is 2.46 bits per heavy atom. The molecule has 0 aliphatic carbocycles. The number of fused-ring (bicyclic) bond motifs is 4. The fourth-order valence-corrected chi connectivity index (χ4v) is 4.97. The van der Waals surface area contributed by atoms with E-state index < -0.39 is 0 Å². The van der Waals surface area contributed by atoms with Crippen LogP contribution in [0.2, 0.25) is 0 Å². The second-order valence-electron chi connectivity index (χ2n) is 8.98. The zero-order chi connectivity index (χ0) is 23.8. The second kappa shape index (κ2) is 8.83. The van der Waals surface area contributed by atoms with Gasteiger partial charge >= 0.3 is 0 Å². The minimum atomic E-state index is -0.0982. The SMILES string of the molecule is O=C(CCc1nnc2n(Cc3ccccc3)c(=O)c3ccccc3n12)N1CCc2ccccc2C1. The predicted octanol–water partition coefficient (Wildman–Crippen LogP) is 3.61. The van der Waals surface area contributed by atoms with Gasteiger partial charge < -0.3 is 4.90 Å². The van der Waals surface area contributed by atoms with Crippen LogP contribution in [0.1, 0.15) is 28.9 Å². The zero-order valence-electron chi connectivity index (χ0n) is 19.3. The van der Waals surface area contributed by atoms with Crippen molar-refractivity contribution in [3.05, 3.63) is 112 Å². The van der Waals surface area contributed by atoms with Crippen LogP contribution in [0.15, 0.2) is 83.7 Å². The Morgan fingerprint density at radius 1 is 0.857 bits per heavy atom. The number of para-hydroxylation sites is 1. The summed E-state index contributed by atoms with van der Waals surface area (Å²) in [6, 6.07) is 25.7. The van der Waals surface area contributed by atoms with Crippen molar-refractivity contribution in [2.45, 2.75) is 32.4 Å². The predicted molar refractivity (Wildman–Crippen MR) is 134 cm³/mol. The average Bonchev–Trinajstić information content (AvgIpc) is 3.34. The van der Waals surface area contributed by atoms with E-state index >= 15 is 0 Å². The maximum atomic E-state index is 13.4. The third-order valence-corrected chi connectivity index (χ3v) is 6.80. The number of carbonyl (C=O) groups is 1. The molecule has 5 aromatic rings. The molecule has 6 rings (SSSR count). The molecule has 7 heteroatoms. The van der Waals surface area contributed by atoms with E-state index in [9.17, 15) is 9.59 Å². The van der Waals surface area contributed by atoms with Gasteiger partial charge in [-0.05, 0) is 35.2 Å². The summed E-state index contributed by atoms with van der Waals surface area (Å²) in [6.07, 6.45) is 1.67. The fourth-order valence-electron chi connectivity index (χ4n) is 4.97. The molecule has 0 atom stereocenters. The molecule has 3 heterocycles. The van der Waals surface area contributed by atoms with Gasteiger partial charge in [0.05, 0.1) is 17.4 Å². The van der Waals surface area contributed by atoms with Crippen molar-refractivity contribution in [3.8, 4) is 0 Å². The van der Waals surface area contributed by atoms with E-state index in [1.165, 1.54) is 11.1 Å². The molecular formula is C28H25N5O2.